The molecule has 0 bridgehead atoms. The molecule has 3 rings (SSSR count). The Balaban J connectivity index is 2.05. The number of pyridine rings is 1. The van der Waals surface area contributed by atoms with Crippen molar-refractivity contribution in [3.63, 3.8) is 0 Å². The lowest BCUT2D eigenvalue weighted by Gasteiger charge is -2.27. The molecule has 20 heavy (non-hydrogen) atoms. The predicted molar refractivity (Wildman–Crippen MR) is 80.6 cm³/mol. The van der Waals surface area contributed by atoms with Gasteiger partial charge in [-0.25, -0.2) is 0 Å². The van der Waals surface area contributed by atoms with Gasteiger partial charge in [-0.15, -0.1) is 0 Å². The number of nitrogens with one attached hydrogen (secondary N) is 1. The lowest BCUT2D eigenvalue weighted by molar-refractivity contribution is -0.121. The fourth-order valence-electron chi connectivity index (χ4n) is 2.91. The zero-order valence-electron chi connectivity index (χ0n) is 11.5. The number of hydrogen-bond acceptors (Lipinski definition) is 4. The second-order valence-electron chi connectivity index (χ2n) is 5.03. The van der Waals surface area contributed by atoms with Crippen LogP contribution >= 0.6 is 0 Å². The van der Waals surface area contributed by atoms with Crippen LogP contribution in [-0.4, -0.2) is 30.5 Å². The van der Waals surface area contributed by atoms with E-state index >= 15 is 0 Å². The summed E-state index contributed by atoms with van der Waals surface area (Å²) in [5.74, 6) is 0.0492. The Labute approximate surface area is 117 Å². The third-order valence-corrected chi connectivity index (χ3v) is 3.92. The van der Waals surface area contributed by atoms with Gasteiger partial charge in [0.05, 0.1) is 16.9 Å². The molecule has 5 heteroatoms. The standard InChI is InChI=1S/C15H18N4O/c1-17-15(20)13-5-3-9-19(13)12-7-6-11-10(14(12)16)4-2-8-18-11/h2,4,6-8,13H,3,5,9,16H2,1H3,(H,17,20). The molecular formula is C15H18N4O. The van der Waals surface area contributed by atoms with Gasteiger partial charge in [0.1, 0.15) is 6.04 Å². The second-order valence-corrected chi connectivity index (χ2v) is 5.03. The van der Waals surface area contributed by atoms with E-state index < -0.39 is 0 Å². The number of hydrogen-bond donors (Lipinski definition) is 2. The van der Waals surface area contributed by atoms with E-state index in [0.29, 0.717) is 5.69 Å². The summed E-state index contributed by atoms with van der Waals surface area (Å²) in [6, 6.07) is 7.64. The normalized spacial score (nSPS) is 18.4. The summed E-state index contributed by atoms with van der Waals surface area (Å²) >= 11 is 0. The monoisotopic (exact) mass is 270 g/mol. The van der Waals surface area contributed by atoms with Crippen LogP contribution in [0.2, 0.25) is 0 Å². The van der Waals surface area contributed by atoms with E-state index in [-0.39, 0.29) is 11.9 Å². The molecule has 2 heterocycles. The Morgan fingerprint density at radius 2 is 2.30 bits per heavy atom. The van der Waals surface area contributed by atoms with Crippen molar-refractivity contribution in [1.82, 2.24) is 10.3 Å². The average molecular weight is 270 g/mol. The van der Waals surface area contributed by atoms with Crippen molar-refractivity contribution in [2.24, 2.45) is 0 Å². The molecule has 0 aliphatic carbocycles. The SMILES string of the molecule is CNC(=O)C1CCCN1c1ccc2ncccc2c1N. The van der Waals surface area contributed by atoms with Crippen molar-refractivity contribution in [3.8, 4) is 0 Å². The number of carbonyl (C=O) groups is 1. The molecule has 0 radical (unpaired) electrons. The van der Waals surface area contributed by atoms with Crippen LogP contribution in [-0.2, 0) is 4.79 Å². The number of likely N-dealkylation sites (N-methyl/N-ethyl adjacent to an activating group) is 1. The highest BCUT2D eigenvalue weighted by Crippen LogP contribution is 2.34. The summed E-state index contributed by atoms with van der Waals surface area (Å²) < 4.78 is 0. The summed E-state index contributed by atoms with van der Waals surface area (Å²) in [5.41, 5.74) is 8.80. The second kappa shape index (κ2) is 5.00. The smallest absolute Gasteiger partial charge is 0.242 e. The number of fused-ring (bicyclic) bond motifs is 1. The number of nitrogens with zero attached hydrogens (tertiary/aromatic N) is 2. The zero-order chi connectivity index (χ0) is 14.1. The number of amides is 1. The molecule has 1 unspecified atom stereocenters. The van der Waals surface area contributed by atoms with Crippen LogP contribution in [0.3, 0.4) is 0 Å². The first-order valence-electron chi connectivity index (χ1n) is 6.84. The molecule has 0 spiro atoms. The van der Waals surface area contributed by atoms with Gasteiger partial charge in [-0.2, -0.15) is 0 Å². The van der Waals surface area contributed by atoms with E-state index in [1.165, 1.54) is 0 Å². The zero-order valence-corrected chi connectivity index (χ0v) is 11.5. The molecule has 1 aromatic heterocycles. The van der Waals surface area contributed by atoms with Crippen LogP contribution in [0, 0.1) is 0 Å². The molecule has 3 N–H and O–H groups in total. The van der Waals surface area contributed by atoms with E-state index in [0.717, 1.165) is 36.0 Å². The van der Waals surface area contributed by atoms with Gasteiger partial charge in [0.25, 0.3) is 0 Å². The molecule has 1 saturated heterocycles. The van der Waals surface area contributed by atoms with Gasteiger partial charge in [0, 0.05) is 25.2 Å². The molecule has 1 aromatic carbocycles. The number of anilines is 2. The Bertz CT molecular complexity index is 655. The van der Waals surface area contributed by atoms with Crippen molar-refractivity contribution in [2.75, 3.05) is 24.2 Å². The number of carbonyl (C=O) groups excluding carboxylic acids is 1. The lowest BCUT2D eigenvalue weighted by atomic mass is 10.1. The topological polar surface area (TPSA) is 71.2 Å². The maximum Gasteiger partial charge on any atom is 0.242 e. The minimum absolute atomic E-state index is 0.0492. The van der Waals surface area contributed by atoms with Crippen molar-refractivity contribution < 1.29 is 4.79 Å². The van der Waals surface area contributed by atoms with Crippen LogP contribution in [0.4, 0.5) is 11.4 Å². The van der Waals surface area contributed by atoms with Gasteiger partial charge in [-0.05, 0) is 37.1 Å². The van der Waals surface area contributed by atoms with Crippen LogP contribution in [0.1, 0.15) is 12.8 Å². The molecule has 1 aliphatic heterocycles. The minimum atomic E-state index is -0.128. The number of nitrogen functional groups attached to an aromatic ring is 1. The summed E-state index contributed by atoms with van der Waals surface area (Å²) in [4.78, 5) is 18.4. The Morgan fingerprint density at radius 3 is 3.10 bits per heavy atom. The molecular weight excluding hydrogens is 252 g/mol. The van der Waals surface area contributed by atoms with Gasteiger partial charge in [-0.1, -0.05) is 0 Å². The minimum Gasteiger partial charge on any atom is -0.396 e. The highest BCUT2D eigenvalue weighted by molar-refractivity contribution is 5.98. The molecule has 104 valence electrons. The Morgan fingerprint density at radius 1 is 1.45 bits per heavy atom. The summed E-state index contributed by atoms with van der Waals surface area (Å²) in [7, 11) is 1.67. The highest BCUT2D eigenvalue weighted by Gasteiger charge is 2.31. The van der Waals surface area contributed by atoms with Crippen LogP contribution in [0.5, 0.6) is 0 Å². The molecule has 1 atom stereocenters. The van der Waals surface area contributed by atoms with E-state index in [1.807, 2.05) is 24.3 Å². The fraction of sp³-hybridized carbons (Fsp3) is 0.333. The first kappa shape index (κ1) is 12.7. The number of nitrogens with two attached hydrogens (primary N) is 1. The summed E-state index contributed by atoms with van der Waals surface area (Å²) in [6.45, 7) is 0.855. The van der Waals surface area contributed by atoms with Crippen molar-refractivity contribution >= 4 is 28.2 Å². The lowest BCUT2D eigenvalue weighted by Crippen LogP contribution is -2.42. The highest BCUT2D eigenvalue weighted by atomic mass is 16.2. The maximum atomic E-state index is 12.0. The molecule has 1 aliphatic rings. The number of rotatable bonds is 2. The van der Waals surface area contributed by atoms with Gasteiger partial charge in [-0.3, -0.25) is 9.78 Å². The Kier molecular flexibility index (Phi) is 3.18. The first-order chi connectivity index (χ1) is 9.72. The molecule has 5 nitrogen and oxygen atoms in total. The van der Waals surface area contributed by atoms with Gasteiger partial charge < -0.3 is 16.0 Å². The fourth-order valence-corrected chi connectivity index (χ4v) is 2.91. The van der Waals surface area contributed by atoms with E-state index in [9.17, 15) is 4.79 Å². The van der Waals surface area contributed by atoms with Gasteiger partial charge >= 0.3 is 0 Å². The number of aromatic nitrogens is 1. The third kappa shape index (κ3) is 1.95. The average Bonchev–Trinajstić information content (AvgIpc) is 2.96. The molecule has 1 fully saturated rings. The van der Waals surface area contributed by atoms with E-state index in [4.69, 9.17) is 5.73 Å². The van der Waals surface area contributed by atoms with E-state index in [2.05, 4.69) is 15.2 Å². The molecule has 1 amide bonds. The van der Waals surface area contributed by atoms with Crippen molar-refractivity contribution in [3.05, 3.63) is 30.5 Å². The van der Waals surface area contributed by atoms with Crippen LogP contribution < -0.4 is 16.0 Å². The summed E-state index contributed by atoms with van der Waals surface area (Å²) in [5, 5.41) is 3.67. The number of benzene rings is 1. The first-order valence-corrected chi connectivity index (χ1v) is 6.84. The van der Waals surface area contributed by atoms with Gasteiger partial charge in [0.15, 0.2) is 0 Å². The van der Waals surface area contributed by atoms with E-state index in [1.54, 1.807) is 13.2 Å². The van der Waals surface area contributed by atoms with Crippen LogP contribution in [0.15, 0.2) is 30.5 Å². The summed E-state index contributed by atoms with van der Waals surface area (Å²) in [6.07, 6.45) is 3.62. The third-order valence-electron chi connectivity index (χ3n) is 3.92. The maximum absolute atomic E-state index is 12.0. The molecule has 0 saturated carbocycles. The van der Waals surface area contributed by atoms with Crippen molar-refractivity contribution in [1.29, 1.82) is 0 Å². The quantitative estimate of drug-likeness (QED) is 0.812. The van der Waals surface area contributed by atoms with Gasteiger partial charge in [0.2, 0.25) is 5.91 Å². The Hall–Kier alpha value is -2.30. The molecule has 2 aromatic rings. The van der Waals surface area contributed by atoms with Crippen molar-refractivity contribution in [2.45, 2.75) is 18.9 Å². The predicted octanol–water partition coefficient (Wildman–Crippen LogP) is 1.53. The largest absolute Gasteiger partial charge is 0.396 e. The van der Waals surface area contributed by atoms with Crippen LogP contribution in [0.25, 0.3) is 10.9 Å².